The molecule has 0 N–H and O–H groups in total. The van der Waals surface area contributed by atoms with E-state index in [9.17, 15) is 13.2 Å². The minimum Gasteiger partial charge on any atom is -0.269 e. The molecule has 0 amide bonds. The molecule has 0 unspecified atom stereocenters. The predicted octanol–water partition coefficient (Wildman–Crippen LogP) is 3.61. The standard InChI is InChI=1S/C14H14F3N3/c1-9-6-10(7-13(18-9)14(15,16)17)12-8-11-4-2-3-5-20(11)19-12/h6-8H,2-5H2,1H3. The Labute approximate surface area is 114 Å². The lowest BCUT2D eigenvalue weighted by atomic mass is 10.1. The zero-order valence-corrected chi connectivity index (χ0v) is 11.0. The van der Waals surface area contributed by atoms with Crippen molar-refractivity contribution in [1.29, 1.82) is 0 Å². The van der Waals surface area contributed by atoms with Gasteiger partial charge in [0.05, 0.1) is 5.69 Å². The molecule has 0 aliphatic carbocycles. The lowest BCUT2D eigenvalue weighted by molar-refractivity contribution is -0.141. The Balaban J connectivity index is 2.05. The van der Waals surface area contributed by atoms with E-state index in [1.807, 2.05) is 10.7 Å². The summed E-state index contributed by atoms with van der Waals surface area (Å²) in [6.07, 6.45) is -1.32. The third-order valence-corrected chi connectivity index (χ3v) is 3.46. The molecule has 0 saturated carbocycles. The molecule has 3 nitrogen and oxygen atoms in total. The number of hydrogen-bond acceptors (Lipinski definition) is 2. The minimum atomic E-state index is -4.43. The summed E-state index contributed by atoms with van der Waals surface area (Å²) in [6.45, 7) is 2.40. The van der Waals surface area contributed by atoms with Crippen molar-refractivity contribution in [2.75, 3.05) is 0 Å². The van der Waals surface area contributed by atoms with Crippen LogP contribution in [-0.2, 0) is 19.1 Å². The molecule has 1 aliphatic heterocycles. The van der Waals surface area contributed by atoms with Crippen molar-refractivity contribution in [1.82, 2.24) is 14.8 Å². The van der Waals surface area contributed by atoms with Crippen LogP contribution in [0.1, 0.15) is 29.9 Å². The number of rotatable bonds is 1. The number of aryl methyl sites for hydroxylation is 3. The molecule has 0 spiro atoms. The molecule has 20 heavy (non-hydrogen) atoms. The number of pyridine rings is 1. The van der Waals surface area contributed by atoms with Gasteiger partial charge in [0.2, 0.25) is 0 Å². The number of alkyl halides is 3. The highest BCUT2D eigenvalue weighted by molar-refractivity contribution is 5.60. The summed E-state index contributed by atoms with van der Waals surface area (Å²) in [5.74, 6) is 0. The van der Waals surface area contributed by atoms with Crippen LogP contribution < -0.4 is 0 Å². The summed E-state index contributed by atoms with van der Waals surface area (Å²) in [5.41, 5.74) is 1.65. The summed E-state index contributed by atoms with van der Waals surface area (Å²) in [4.78, 5) is 3.55. The molecule has 2 aromatic rings. The van der Waals surface area contributed by atoms with E-state index < -0.39 is 11.9 Å². The first-order valence-corrected chi connectivity index (χ1v) is 6.56. The maximum atomic E-state index is 12.8. The topological polar surface area (TPSA) is 30.7 Å². The van der Waals surface area contributed by atoms with Gasteiger partial charge in [-0.25, -0.2) is 4.98 Å². The van der Waals surface area contributed by atoms with Gasteiger partial charge in [0.15, 0.2) is 0 Å². The number of halogens is 3. The van der Waals surface area contributed by atoms with Gasteiger partial charge in [0.1, 0.15) is 5.69 Å². The maximum absolute atomic E-state index is 12.8. The number of nitrogens with zero attached hydrogens (tertiary/aromatic N) is 3. The zero-order valence-electron chi connectivity index (χ0n) is 11.0. The molecular weight excluding hydrogens is 267 g/mol. The van der Waals surface area contributed by atoms with Crippen molar-refractivity contribution >= 4 is 0 Å². The second-order valence-electron chi connectivity index (χ2n) is 5.08. The average Bonchev–Trinajstić information content (AvgIpc) is 2.80. The van der Waals surface area contributed by atoms with Crippen molar-refractivity contribution in [3.8, 4) is 11.3 Å². The van der Waals surface area contributed by atoms with E-state index >= 15 is 0 Å². The van der Waals surface area contributed by atoms with Crippen molar-refractivity contribution in [2.45, 2.75) is 38.9 Å². The molecule has 1 aliphatic rings. The maximum Gasteiger partial charge on any atom is 0.433 e. The number of hydrogen-bond donors (Lipinski definition) is 0. The fourth-order valence-electron chi connectivity index (χ4n) is 2.52. The van der Waals surface area contributed by atoms with E-state index in [1.165, 1.54) is 0 Å². The monoisotopic (exact) mass is 281 g/mol. The molecule has 0 atom stereocenters. The van der Waals surface area contributed by atoms with Crippen LogP contribution >= 0.6 is 0 Å². The largest absolute Gasteiger partial charge is 0.433 e. The van der Waals surface area contributed by atoms with E-state index in [0.717, 1.165) is 37.6 Å². The Morgan fingerprint density at radius 2 is 1.95 bits per heavy atom. The summed E-state index contributed by atoms with van der Waals surface area (Å²) in [5, 5.41) is 4.41. The Kier molecular flexibility index (Phi) is 3.03. The molecule has 0 aromatic carbocycles. The van der Waals surface area contributed by atoms with Crippen LogP contribution in [0.3, 0.4) is 0 Å². The Hall–Kier alpha value is -1.85. The lowest BCUT2D eigenvalue weighted by Crippen LogP contribution is -2.10. The second-order valence-corrected chi connectivity index (χ2v) is 5.08. The molecule has 0 radical (unpaired) electrons. The second kappa shape index (κ2) is 4.61. The van der Waals surface area contributed by atoms with Gasteiger partial charge in [0, 0.05) is 23.5 Å². The fourth-order valence-corrected chi connectivity index (χ4v) is 2.52. The van der Waals surface area contributed by atoms with Gasteiger partial charge < -0.3 is 0 Å². The molecule has 106 valence electrons. The zero-order chi connectivity index (χ0) is 14.3. The number of aromatic nitrogens is 3. The predicted molar refractivity (Wildman–Crippen MR) is 68.1 cm³/mol. The van der Waals surface area contributed by atoms with E-state index in [1.54, 1.807) is 13.0 Å². The van der Waals surface area contributed by atoms with Crippen LogP contribution in [0.5, 0.6) is 0 Å². The van der Waals surface area contributed by atoms with Crippen LogP contribution in [0.2, 0.25) is 0 Å². The first-order valence-electron chi connectivity index (χ1n) is 6.56. The molecular formula is C14H14F3N3. The summed E-state index contributed by atoms with van der Waals surface area (Å²) in [7, 11) is 0. The number of fused-ring (bicyclic) bond motifs is 1. The van der Waals surface area contributed by atoms with Crippen LogP contribution in [0.4, 0.5) is 13.2 Å². The van der Waals surface area contributed by atoms with E-state index in [2.05, 4.69) is 10.1 Å². The van der Waals surface area contributed by atoms with E-state index in [4.69, 9.17) is 0 Å². The van der Waals surface area contributed by atoms with Gasteiger partial charge in [-0.1, -0.05) is 0 Å². The highest BCUT2D eigenvalue weighted by Crippen LogP contribution is 2.31. The van der Waals surface area contributed by atoms with Crippen molar-refractivity contribution < 1.29 is 13.2 Å². The third kappa shape index (κ3) is 2.42. The lowest BCUT2D eigenvalue weighted by Gasteiger charge is -2.11. The first kappa shape index (κ1) is 13.1. The van der Waals surface area contributed by atoms with Gasteiger partial charge >= 0.3 is 6.18 Å². The highest BCUT2D eigenvalue weighted by Gasteiger charge is 2.33. The average molecular weight is 281 g/mol. The van der Waals surface area contributed by atoms with Gasteiger partial charge in [0.25, 0.3) is 0 Å². The Morgan fingerprint density at radius 3 is 2.65 bits per heavy atom. The van der Waals surface area contributed by atoms with Gasteiger partial charge in [-0.05, 0) is 44.4 Å². The normalized spacial score (nSPS) is 15.2. The minimum absolute atomic E-state index is 0.348. The molecule has 0 bridgehead atoms. The molecule has 0 saturated heterocycles. The Morgan fingerprint density at radius 1 is 1.15 bits per heavy atom. The SMILES string of the molecule is Cc1cc(-c2cc3n(n2)CCCC3)cc(C(F)(F)F)n1. The van der Waals surface area contributed by atoms with Crippen molar-refractivity contribution in [2.24, 2.45) is 0 Å². The fraction of sp³-hybridized carbons (Fsp3) is 0.429. The van der Waals surface area contributed by atoms with Gasteiger partial charge in [-0.2, -0.15) is 18.3 Å². The van der Waals surface area contributed by atoms with Crippen LogP contribution in [-0.4, -0.2) is 14.8 Å². The quantitative estimate of drug-likeness (QED) is 0.799. The molecule has 0 fully saturated rings. The van der Waals surface area contributed by atoms with Gasteiger partial charge in [-0.15, -0.1) is 0 Å². The summed E-state index contributed by atoms with van der Waals surface area (Å²) < 4.78 is 40.3. The smallest absolute Gasteiger partial charge is 0.269 e. The van der Waals surface area contributed by atoms with Crippen molar-refractivity contribution in [3.63, 3.8) is 0 Å². The van der Waals surface area contributed by atoms with Crippen LogP contribution in [0.25, 0.3) is 11.3 Å². The summed E-state index contributed by atoms with van der Waals surface area (Å²) in [6, 6.07) is 4.60. The van der Waals surface area contributed by atoms with E-state index in [0.29, 0.717) is 17.0 Å². The molecule has 3 rings (SSSR count). The third-order valence-electron chi connectivity index (χ3n) is 3.46. The van der Waals surface area contributed by atoms with Crippen LogP contribution in [0.15, 0.2) is 18.2 Å². The summed E-state index contributed by atoms with van der Waals surface area (Å²) >= 11 is 0. The van der Waals surface area contributed by atoms with Gasteiger partial charge in [-0.3, -0.25) is 4.68 Å². The van der Waals surface area contributed by atoms with E-state index in [-0.39, 0.29) is 0 Å². The van der Waals surface area contributed by atoms with Crippen LogP contribution in [0, 0.1) is 6.92 Å². The first-order chi connectivity index (χ1) is 9.43. The molecule has 3 heterocycles. The molecule has 2 aromatic heterocycles. The molecule has 6 heteroatoms. The Bertz CT molecular complexity index is 620. The van der Waals surface area contributed by atoms with Crippen molar-refractivity contribution in [3.05, 3.63) is 35.3 Å². The highest BCUT2D eigenvalue weighted by atomic mass is 19.4.